The fraction of sp³-hybridized carbons (Fsp3) is 0. The van der Waals surface area contributed by atoms with E-state index >= 15 is 0 Å². The lowest BCUT2D eigenvalue weighted by atomic mass is 13.9. The van der Waals surface area contributed by atoms with Crippen LogP contribution in [0.15, 0.2) is 0 Å². The molecule has 0 heterocycles. The summed E-state index contributed by atoms with van der Waals surface area (Å²) in [5.74, 6) is 0. The third kappa shape index (κ3) is 8.15. The average Bonchev–Trinajstić information content (AvgIpc) is 1.14. The van der Waals surface area contributed by atoms with Crippen LogP contribution in [-0.4, -0.2) is 37.1 Å². The van der Waals surface area contributed by atoms with Crippen LogP contribution in [0.1, 0.15) is 0 Å². The average molecular weight is 172 g/mol. The van der Waals surface area contributed by atoms with E-state index in [0.717, 1.165) is 0 Å². The van der Waals surface area contributed by atoms with Crippen molar-refractivity contribution in [2.45, 2.75) is 0 Å². The van der Waals surface area contributed by atoms with Gasteiger partial charge in [0.25, 0.3) is 0 Å². The first-order chi connectivity index (χ1) is 3.71. The Morgan fingerprint density at radius 3 is 1.11 bits per heavy atom. The summed E-state index contributed by atoms with van der Waals surface area (Å²) in [7, 11) is -8.71. The summed E-state index contributed by atoms with van der Waals surface area (Å²) in [4.78, 5) is 33.0. The molecule has 0 unspecified atom stereocenters. The lowest BCUT2D eigenvalue weighted by Gasteiger charge is -2.16. The third-order valence-corrected chi connectivity index (χ3v) is 2.70. The molecule has 8 N–H and O–H groups in total. The molecule has 0 saturated heterocycles. The second kappa shape index (κ2) is 2.41. The summed E-state index contributed by atoms with van der Waals surface area (Å²) < 4.78 is 3.68. The highest BCUT2D eigenvalue weighted by molar-refractivity contribution is 6.68. The molecule has 0 aromatic rings. The lowest BCUT2D eigenvalue weighted by Crippen LogP contribution is -2.63. The molecule has 0 rings (SSSR count). The van der Waals surface area contributed by atoms with Gasteiger partial charge in [-0.25, -0.2) is 0 Å². The highest BCUT2D eigenvalue weighted by Gasteiger charge is 2.41. The van der Waals surface area contributed by atoms with E-state index in [-0.39, 0.29) is 0 Å². The molecule has 0 fully saturated rings. The predicted octanol–water partition coefficient (Wildman–Crippen LogP) is -4.24. The second-order valence-electron chi connectivity index (χ2n) is 1.42. The van der Waals surface area contributed by atoms with Gasteiger partial charge in [-0.2, -0.15) is 0 Å². The van der Waals surface area contributed by atoms with Crippen LogP contribution in [0.3, 0.4) is 0 Å². The minimum atomic E-state index is -4.36. The van der Waals surface area contributed by atoms with Crippen LogP contribution in [-0.2, 0) is 4.12 Å². The van der Waals surface area contributed by atoms with Crippen molar-refractivity contribution < 1.29 is 23.3 Å². The minimum absolute atomic E-state index is 3.68. The Morgan fingerprint density at radius 2 is 1.11 bits per heavy atom. The quantitative estimate of drug-likeness (QED) is 0.232. The van der Waals surface area contributed by atoms with E-state index in [1.54, 1.807) is 0 Å². The lowest BCUT2D eigenvalue weighted by molar-refractivity contribution is 0.156. The smallest absolute Gasteiger partial charge is 0.378 e. The molecule has 9 heavy (non-hydrogen) atoms. The van der Waals surface area contributed by atoms with Gasteiger partial charge in [-0.05, 0) is 0 Å². The van der Waals surface area contributed by atoms with Crippen molar-refractivity contribution in [1.82, 2.24) is 0 Å². The van der Waals surface area contributed by atoms with Gasteiger partial charge in [0.15, 0.2) is 0 Å². The molecule has 9 heteroatoms. The maximum Gasteiger partial charge on any atom is 0.582 e. The predicted molar refractivity (Wildman–Crippen MR) is 29.8 cm³/mol. The van der Waals surface area contributed by atoms with Crippen molar-refractivity contribution in [3.8, 4) is 0 Å². The Kier molecular flexibility index (Phi) is 2.45. The van der Waals surface area contributed by atoms with E-state index in [1.807, 2.05) is 0 Å². The first-order valence-corrected chi connectivity index (χ1v) is 5.64. The first kappa shape index (κ1) is 9.15. The molecule has 0 aliphatic carbocycles. The molecule has 0 aromatic carbocycles. The van der Waals surface area contributed by atoms with Crippen molar-refractivity contribution >= 4 is 17.9 Å². The zero-order valence-electron chi connectivity index (χ0n) is 4.35. The standard InChI is InChI=1S/H8N2O5Si2/c1-8(3,4)7-9(2,5)6/h3-6H,1-2H2. The molecular weight excluding hydrogens is 164 g/mol. The summed E-state index contributed by atoms with van der Waals surface area (Å²) in [6.07, 6.45) is 0. The molecule has 0 aliphatic heterocycles. The van der Waals surface area contributed by atoms with E-state index in [0.29, 0.717) is 0 Å². The van der Waals surface area contributed by atoms with Gasteiger partial charge >= 0.3 is 17.9 Å². The normalized spacial score (nSPS) is 14.0. The topological polar surface area (TPSA) is 142 Å². The van der Waals surface area contributed by atoms with Crippen LogP contribution in [0.25, 0.3) is 0 Å². The Labute approximate surface area is 53.0 Å². The SMILES string of the molecule is N[Si](O)(O)O[Si](N)(O)O. The van der Waals surface area contributed by atoms with Crippen LogP contribution < -0.4 is 10.8 Å². The molecule has 7 nitrogen and oxygen atoms in total. The van der Waals surface area contributed by atoms with Gasteiger partial charge in [0.2, 0.25) is 0 Å². The molecule has 0 spiro atoms. The van der Waals surface area contributed by atoms with Crippen LogP contribution in [0, 0.1) is 0 Å². The summed E-state index contributed by atoms with van der Waals surface area (Å²) in [5, 5.41) is 8.97. The van der Waals surface area contributed by atoms with Gasteiger partial charge in [-0.15, -0.1) is 0 Å². The molecular formula is H8N2O5Si2. The Hall–Kier alpha value is 0.154. The number of rotatable bonds is 2. The maximum absolute atomic E-state index is 8.24. The minimum Gasteiger partial charge on any atom is -0.378 e. The molecule has 0 saturated carbocycles. The van der Waals surface area contributed by atoms with E-state index in [9.17, 15) is 0 Å². The Morgan fingerprint density at radius 1 is 0.889 bits per heavy atom. The summed E-state index contributed by atoms with van der Waals surface area (Å²) in [5.41, 5.74) is 0. The van der Waals surface area contributed by atoms with Gasteiger partial charge in [0, 0.05) is 0 Å². The zero-order valence-corrected chi connectivity index (χ0v) is 6.35. The molecule has 56 valence electrons. The number of hydrogen-bond donors (Lipinski definition) is 6. The fourth-order valence-corrected chi connectivity index (χ4v) is 1.99. The number of nitrogens with two attached hydrogens (primary N) is 2. The van der Waals surface area contributed by atoms with E-state index < -0.39 is 17.9 Å². The molecule has 0 bridgehead atoms. The van der Waals surface area contributed by atoms with Crippen LogP contribution >= 0.6 is 0 Å². The van der Waals surface area contributed by atoms with Gasteiger partial charge in [0.05, 0.1) is 0 Å². The summed E-state index contributed by atoms with van der Waals surface area (Å²) in [6.45, 7) is 0. The third-order valence-electron chi connectivity index (χ3n) is 0.300. The van der Waals surface area contributed by atoms with Crippen LogP contribution in [0.2, 0.25) is 0 Å². The van der Waals surface area contributed by atoms with Crippen molar-refractivity contribution in [3.63, 3.8) is 0 Å². The van der Waals surface area contributed by atoms with E-state index in [1.165, 1.54) is 0 Å². The van der Waals surface area contributed by atoms with Crippen molar-refractivity contribution in [1.29, 1.82) is 0 Å². The molecule has 0 radical (unpaired) electrons. The van der Waals surface area contributed by atoms with Gasteiger partial charge < -0.3 is 23.3 Å². The first-order valence-electron chi connectivity index (χ1n) is 1.88. The van der Waals surface area contributed by atoms with Gasteiger partial charge in [-0.1, -0.05) is 0 Å². The van der Waals surface area contributed by atoms with Gasteiger partial charge in [0.1, 0.15) is 0 Å². The zero-order chi connectivity index (χ0) is 7.71. The molecule has 0 aromatic heterocycles. The molecule has 0 amide bonds. The molecule has 0 atom stereocenters. The van der Waals surface area contributed by atoms with Crippen molar-refractivity contribution in [3.05, 3.63) is 0 Å². The monoisotopic (exact) mass is 172 g/mol. The van der Waals surface area contributed by atoms with E-state index in [4.69, 9.17) is 19.2 Å². The second-order valence-corrected chi connectivity index (χ2v) is 4.87. The Balaban J connectivity index is 3.75. The molecule has 0 aliphatic rings. The van der Waals surface area contributed by atoms with Gasteiger partial charge in [-0.3, -0.25) is 10.8 Å². The highest BCUT2D eigenvalue weighted by atomic mass is 28.5. The Bertz CT molecular complexity index is 78.1. The van der Waals surface area contributed by atoms with Crippen LogP contribution in [0.4, 0.5) is 0 Å². The largest absolute Gasteiger partial charge is 0.582 e. The summed E-state index contributed by atoms with van der Waals surface area (Å²) in [6, 6.07) is 0. The van der Waals surface area contributed by atoms with Crippen molar-refractivity contribution in [2.24, 2.45) is 10.8 Å². The van der Waals surface area contributed by atoms with Crippen molar-refractivity contribution in [2.75, 3.05) is 0 Å². The van der Waals surface area contributed by atoms with E-state index in [2.05, 4.69) is 14.9 Å². The summed E-state index contributed by atoms with van der Waals surface area (Å²) >= 11 is 0. The highest BCUT2D eigenvalue weighted by Crippen LogP contribution is 1.90. The maximum atomic E-state index is 8.24. The number of hydrogen-bond acceptors (Lipinski definition) is 7. The fourth-order valence-electron chi connectivity index (χ4n) is 0.221. The van der Waals surface area contributed by atoms with Crippen LogP contribution in [0.5, 0.6) is 0 Å².